The average Bonchev–Trinajstić information content (AvgIpc) is 2.63. The average molecular weight is 309 g/mol. The monoisotopic (exact) mass is 308 g/mol. The van der Waals surface area contributed by atoms with E-state index in [1.54, 1.807) is 6.08 Å². The van der Waals surface area contributed by atoms with Crippen molar-refractivity contribution in [3.8, 4) is 0 Å². The van der Waals surface area contributed by atoms with Crippen LogP contribution in [-0.2, 0) is 0 Å². The van der Waals surface area contributed by atoms with Crippen LogP contribution in [0.4, 0.5) is 0 Å². The topological polar surface area (TPSA) is 66.5 Å². The van der Waals surface area contributed by atoms with Crippen LogP contribution in [0.25, 0.3) is 0 Å². The van der Waals surface area contributed by atoms with E-state index in [9.17, 15) is 5.11 Å². The molecule has 0 aromatic rings. The Bertz CT molecular complexity index is 510. The second-order valence-electron chi connectivity index (χ2n) is 5.21. The van der Waals surface area contributed by atoms with Crippen molar-refractivity contribution in [2.75, 3.05) is 6.61 Å². The first-order valence-electron chi connectivity index (χ1n) is 12.3. The molecule has 0 unspecified atom stereocenters. The Hall–Kier alpha value is -0.380. The van der Waals surface area contributed by atoms with Gasteiger partial charge in [0.15, 0.2) is 0 Å². The van der Waals surface area contributed by atoms with Gasteiger partial charge in [0.1, 0.15) is 0 Å². The zero-order valence-electron chi connectivity index (χ0n) is 21.9. The summed E-state index contributed by atoms with van der Waals surface area (Å²) < 4.78 is 68.1. The number of hydrogen-bond acceptors (Lipinski definition) is 3. The highest BCUT2D eigenvalue weighted by Gasteiger charge is 2.08. The molecule has 3 heteroatoms. The summed E-state index contributed by atoms with van der Waals surface area (Å²) in [5.41, 5.74) is 5.49. The van der Waals surface area contributed by atoms with Gasteiger partial charge in [0.05, 0.1) is 18.8 Å². The van der Waals surface area contributed by atoms with Gasteiger partial charge in [-0.1, -0.05) is 83.1 Å². The molecule has 0 bridgehead atoms. The van der Waals surface area contributed by atoms with Crippen molar-refractivity contribution in [1.82, 2.24) is 0 Å². The molecule has 2 atom stereocenters. The quantitative estimate of drug-likeness (QED) is 0.317. The predicted octanol–water partition coefficient (Wildman–Crippen LogP) is 3.92. The van der Waals surface area contributed by atoms with E-state index in [2.05, 4.69) is 0 Å². The van der Waals surface area contributed by atoms with E-state index in [-0.39, 0.29) is 13.0 Å². The third-order valence-electron chi connectivity index (χ3n) is 3.31. The highest BCUT2D eigenvalue weighted by atomic mass is 16.3. The Balaban J connectivity index is 4.07. The Labute approximate surface area is 144 Å². The molecule has 4 N–H and O–H groups in total. The second-order valence-corrected chi connectivity index (χ2v) is 5.21. The maximum Gasteiger partial charge on any atom is 0.0894 e. The Morgan fingerprint density at radius 2 is 1.67 bits per heavy atom. The lowest BCUT2D eigenvalue weighted by molar-refractivity contribution is 0.144. The maximum atomic E-state index is 9.56. The molecule has 0 spiro atoms. The summed E-state index contributed by atoms with van der Waals surface area (Å²) in [6.07, 6.45) is -0.125. The zero-order chi connectivity index (χ0) is 23.6. The molecule has 0 aliphatic heterocycles. The standard InChI is InChI=1S/C18H37NO2/c1-2-3-4-5-6-7-8-9-10-11-12-13-14-15-18(21)17(19)16-20/h14-15,17-18,20-21H,2-13,16,19H2,1H3/b15-14+/t17-,18+/m0/s1/i1D3,2D2,3D2,4D2. The molecule has 0 radical (unpaired) electrons. The summed E-state index contributed by atoms with van der Waals surface area (Å²) in [6, 6.07) is -0.671. The fraction of sp³-hybridized carbons (Fsp3) is 0.889. The van der Waals surface area contributed by atoms with E-state index in [0.717, 1.165) is 38.5 Å². The van der Waals surface area contributed by atoms with Crippen LogP contribution in [-0.4, -0.2) is 29.0 Å². The zero-order valence-corrected chi connectivity index (χ0v) is 12.9. The number of aliphatic hydroxyl groups is 2. The first-order valence-corrected chi connectivity index (χ1v) is 7.83. The van der Waals surface area contributed by atoms with Crippen molar-refractivity contribution in [2.45, 2.75) is 95.9 Å². The van der Waals surface area contributed by atoms with Gasteiger partial charge in [0.25, 0.3) is 0 Å². The third-order valence-corrected chi connectivity index (χ3v) is 3.31. The van der Waals surface area contributed by atoms with Gasteiger partial charge in [-0.05, 0) is 12.8 Å². The summed E-state index contributed by atoms with van der Waals surface area (Å²) in [6.45, 7) is -3.52. The minimum Gasteiger partial charge on any atom is -0.395 e. The Morgan fingerprint density at radius 3 is 2.29 bits per heavy atom. The van der Waals surface area contributed by atoms with E-state index in [0.29, 0.717) is 12.8 Å². The van der Waals surface area contributed by atoms with E-state index >= 15 is 0 Å². The van der Waals surface area contributed by atoms with Gasteiger partial charge in [-0.25, -0.2) is 0 Å². The number of hydrogen-bond donors (Lipinski definition) is 3. The fourth-order valence-corrected chi connectivity index (χ4v) is 1.95. The van der Waals surface area contributed by atoms with Gasteiger partial charge in [0.2, 0.25) is 0 Å². The van der Waals surface area contributed by atoms with Crippen LogP contribution in [0.1, 0.15) is 96.1 Å². The molecule has 0 aliphatic carbocycles. The molecule has 3 nitrogen and oxygen atoms in total. The van der Waals surface area contributed by atoms with Crippen LogP contribution in [0.5, 0.6) is 0 Å². The number of allylic oxidation sites excluding steroid dienone is 1. The molecule has 0 aromatic heterocycles. The Morgan fingerprint density at radius 1 is 1.05 bits per heavy atom. The lowest BCUT2D eigenvalue weighted by atomic mass is 10.0. The van der Waals surface area contributed by atoms with Gasteiger partial charge < -0.3 is 15.9 Å². The number of aliphatic hydroxyl groups excluding tert-OH is 2. The van der Waals surface area contributed by atoms with Crippen LogP contribution in [0, 0.1) is 0 Å². The van der Waals surface area contributed by atoms with Gasteiger partial charge in [-0.2, -0.15) is 0 Å². The first-order chi connectivity index (χ1) is 13.6. The van der Waals surface area contributed by atoms with Crippen molar-refractivity contribution in [3.05, 3.63) is 12.2 Å². The molecule has 0 aromatic carbocycles. The summed E-state index contributed by atoms with van der Waals surface area (Å²) in [7, 11) is 0. The molecule has 0 saturated heterocycles. The lowest BCUT2D eigenvalue weighted by Gasteiger charge is -2.11. The molecule has 0 heterocycles. The summed E-state index contributed by atoms with van der Waals surface area (Å²) >= 11 is 0. The molecule has 21 heavy (non-hydrogen) atoms. The molecule has 126 valence electrons. The third kappa shape index (κ3) is 14.3. The van der Waals surface area contributed by atoms with Crippen molar-refractivity contribution >= 4 is 0 Å². The second kappa shape index (κ2) is 16.0. The van der Waals surface area contributed by atoms with Gasteiger partial charge >= 0.3 is 0 Å². The number of unbranched alkanes of at least 4 members (excludes halogenated alkanes) is 7. The van der Waals surface area contributed by atoms with Crippen molar-refractivity contribution in [1.29, 1.82) is 0 Å². The van der Waals surface area contributed by atoms with Crippen molar-refractivity contribution in [2.24, 2.45) is 5.73 Å². The summed E-state index contributed by atoms with van der Waals surface area (Å²) in [5.74, 6) is 0. The smallest absolute Gasteiger partial charge is 0.0894 e. The highest BCUT2D eigenvalue weighted by molar-refractivity contribution is 4.93. The van der Waals surface area contributed by atoms with E-state index in [1.807, 2.05) is 6.08 Å². The minimum absolute atomic E-state index is 0.237. The fourth-order valence-electron chi connectivity index (χ4n) is 1.95. The van der Waals surface area contributed by atoms with Crippen LogP contribution < -0.4 is 5.73 Å². The first kappa shape index (κ1) is 9.69. The van der Waals surface area contributed by atoms with Crippen LogP contribution in [0.2, 0.25) is 0 Å². The minimum atomic E-state index is -3.28. The largest absolute Gasteiger partial charge is 0.395 e. The molecule has 0 rings (SSSR count). The highest BCUT2D eigenvalue weighted by Crippen LogP contribution is 2.12. The number of nitrogens with two attached hydrogens (primary N) is 1. The molecule has 0 saturated carbocycles. The summed E-state index contributed by atoms with van der Waals surface area (Å²) in [5, 5.41) is 18.4. The van der Waals surface area contributed by atoms with Gasteiger partial charge in [0, 0.05) is 12.3 Å². The van der Waals surface area contributed by atoms with Gasteiger partial charge in [-0.3, -0.25) is 0 Å². The maximum absolute atomic E-state index is 9.56. The molecule has 0 amide bonds. The summed E-state index contributed by atoms with van der Waals surface area (Å²) in [4.78, 5) is 0. The van der Waals surface area contributed by atoms with E-state index in [4.69, 9.17) is 23.2 Å². The molecular formula is C18H37NO2. The van der Waals surface area contributed by atoms with Crippen LogP contribution in [0.3, 0.4) is 0 Å². The lowest BCUT2D eigenvalue weighted by Crippen LogP contribution is -2.36. The van der Waals surface area contributed by atoms with Crippen LogP contribution >= 0.6 is 0 Å². The van der Waals surface area contributed by atoms with E-state index in [1.165, 1.54) is 0 Å². The van der Waals surface area contributed by atoms with Crippen molar-refractivity contribution < 1.29 is 22.5 Å². The predicted molar refractivity (Wildman–Crippen MR) is 91.3 cm³/mol. The van der Waals surface area contributed by atoms with E-state index < -0.39 is 38.1 Å². The van der Waals surface area contributed by atoms with Crippen LogP contribution in [0.15, 0.2) is 12.2 Å². The number of rotatable bonds is 15. The normalized spacial score (nSPS) is 23.7. The Kier molecular flexibility index (Phi) is 7.38. The molecule has 0 aliphatic rings. The molecule has 0 fully saturated rings. The van der Waals surface area contributed by atoms with Crippen molar-refractivity contribution in [3.63, 3.8) is 0 Å². The van der Waals surface area contributed by atoms with Gasteiger partial charge in [-0.15, -0.1) is 0 Å². The molecular weight excluding hydrogens is 262 g/mol. The SMILES string of the molecule is [2H]C([2H])([2H])C([2H])([2H])C([2H])([2H])C([2H])([2H])CCCCCCCCC/C=C/[C@@H](O)[C@@H](N)CO.